The summed E-state index contributed by atoms with van der Waals surface area (Å²) in [6, 6.07) is 0. The SMILES string of the molecule is CCS(=O)(=O)CC(O)CNC(=O)CN(C)C. The van der Waals surface area contributed by atoms with Crippen molar-refractivity contribution in [3.05, 3.63) is 0 Å². The predicted molar refractivity (Wildman–Crippen MR) is 61.9 cm³/mol. The summed E-state index contributed by atoms with van der Waals surface area (Å²) in [5, 5.41) is 11.9. The molecule has 96 valence electrons. The van der Waals surface area contributed by atoms with Crippen molar-refractivity contribution in [1.29, 1.82) is 0 Å². The second-order valence-electron chi connectivity index (χ2n) is 3.89. The number of aliphatic hydroxyl groups excluding tert-OH is 1. The summed E-state index contributed by atoms with van der Waals surface area (Å²) in [5.74, 6) is -0.556. The van der Waals surface area contributed by atoms with Crippen LogP contribution < -0.4 is 5.32 Å². The third-order valence-corrected chi connectivity index (χ3v) is 3.65. The summed E-state index contributed by atoms with van der Waals surface area (Å²) in [6.07, 6.45) is -1.05. The van der Waals surface area contributed by atoms with Crippen molar-refractivity contribution in [3.8, 4) is 0 Å². The fourth-order valence-electron chi connectivity index (χ4n) is 1.04. The summed E-state index contributed by atoms with van der Waals surface area (Å²) in [5.41, 5.74) is 0. The van der Waals surface area contributed by atoms with E-state index in [2.05, 4.69) is 5.32 Å². The van der Waals surface area contributed by atoms with Gasteiger partial charge in [-0.15, -0.1) is 0 Å². The van der Waals surface area contributed by atoms with Crippen molar-refractivity contribution in [3.63, 3.8) is 0 Å². The molecule has 0 aromatic carbocycles. The molecule has 0 aromatic rings. The van der Waals surface area contributed by atoms with Gasteiger partial charge in [-0.2, -0.15) is 0 Å². The standard InChI is InChI=1S/C9H20N2O4S/c1-4-16(14,15)7-8(12)5-10-9(13)6-11(2)3/h8,12H,4-7H2,1-3H3,(H,10,13). The van der Waals surface area contributed by atoms with Gasteiger partial charge in [0.25, 0.3) is 0 Å². The highest BCUT2D eigenvalue weighted by Crippen LogP contribution is 1.93. The predicted octanol–water partition coefficient (Wildman–Crippen LogP) is -1.54. The lowest BCUT2D eigenvalue weighted by atomic mass is 10.4. The summed E-state index contributed by atoms with van der Waals surface area (Å²) >= 11 is 0. The third-order valence-electron chi connectivity index (χ3n) is 1.88. The van der Waals surface area contributed by atoms with Crippen molar-refractivity contribution < 1.29 is 18.3 Å². The van der Waals surface area contributed by atoms with Gasteiger partial charge in [-0.1, -0.05) is 6.92 Å². The molecule has 6 nitrogen and oxygen atoms in total. The van der Waals surface area contributed by atoms with E-state index < -0.39 is 15.9 Å². The molecule has 16 heavy (non-hydrogen) atoms. The summed E-state index contributed by atoms with van der Waals surface area (Å²) in [6.45, 7) is 1.70. The van der Waals surface area contributed by atoms with Crippen LogP contribution in [0.25, 0.3) is 0 Å². The Kier molecular flexibility index (Phi) is 6.54. The van der Waals surface area contributed by atoms with Gasteiger partial charge in [-0.05, 0) is 14.1 Å². The Morgan fingerprint density at radius 2 is 2.00 bits per heavy atom. The minimum Gasteiger partial charge on any atom is -0.390 e. The molecule has 0 saturated carbocycles. The van der Waals surface area contributed by atoms with E-state index in [4.69, 9.17) is 0 Å². The van der Waals surface area contributed by atoms with E-state index in [1.807, 2.05) is 0 Å². The lowest BCUT2D eigenvalue weighted by Crippen LogP contribution is -2.40. The van der Waals surface area contributed by atoms with E-state index in [0.717, 1.165) is 0 Å². The number of rotatable bonds is 7. The average molecular weight is 252 g/mol. The first-order valence-electron chi connectivity index (χ1n) is 5.06. The van der Waals surface area contributed by atoms with Crippen LogP contribution in [-0.4, -0.2) is 69.1 Å². The molecule has 0 rings (SSSR count). The van der Waals surface area contributed by atoms with Gasteiger partial charge in [0.2, 0.25) is 5.91 Å². The Labute approximate surface area is 96.5 Å². The molecular formula is C9H20N2O4S. The smallest absolute Gasteiger partial charge is 0.234 e. The van der Waals surface area contributed by atoms with E-state index >= 15 is 0 Å². The molecule has 0 aliphatic rings. The van der Waals surface area contributed by atoms with Crippen LogP contribution in [0.2, 0.25) is 0 Å². The Bertz CT molecular complexity index is 313. The van der Waals surface area contributed by atoms with Gasteiger partial charge in [-0.25, -0.2) is 8.42 Å². The van der Waals surface area contributed by atoms with E-state index in [9.17, 15) is 18.3 Å². The molecule has 0 heterocycles. The number of amides is 1. The Hall–Kier alpha value is -0.660. The molecule has 2 N–H and O–H groups in total. The highest BCUT2D eigenvalue weighted by molar-refractivity contribution is 7.91. The zero-order valence-corrected chi connectivity index (χ0v) is 10.7. The zero-order valence-electron chi connectivity index (χ0n) is 9.93. The van der Waals surface area contributed by atoms with E-state index in [-0.39, 0.29) is 30.5 Å². The molecule has 1 unspecified atom stereocenters. The third kappa shape index (κ3) is 7.61. The quantitative estimate of drug-likeness (QED) is 0.573. The number of sulfone groups is 1. The molecule has 0 saturated heterocycles. The molecule has 1 atom stereocenters. The highest BCUT2D eigenvalue weighted by Gasteiger charge is 2.15. The number of nitrogens with one attached hydrogen (secondary N) is 1. The highest BCUT2D eigenvalue weighted by atomic mass is 32.2. The molecule has 0 aliphatic heterocycles. The maximum atomic E-state index is 11.2. The number of hydrogen-bond donors (Lipinski definition) is 2. The second kappa shape index (κ2) is 6.82. The van der Waals surface area contributed by atoms with Crippen LogP contribution >= 0.6 is 0 Å². The van der Waals surface area contributed by atoms with Gasteiger partial charge >= 0.3 is 0 Å². The maximum Gasteiger partial charge on any atom is 0.234 e. The van der Waals surface area contributed by atoms with E-state index in [1.165, 1.54) is 6.92 Å². The lowest BCUT2D eigenvalue weighted by molar-refractivity contribution is -0.122. The number of carbonyl (C=O) groups is 1. The summed E-state index contributed by atoms with van der Waals surface area (Å²) in [7, 11) is 0.294. The molecule has 1 amide bonds. The van der Waals surface area contributed by atoms with Crippen LogP contribution in [0.5, 0.6) is 0 Å². The second-order valence-corrected chi connectivity index (χ2v) is 6.29. The van der Waals surface area contributed by atoms with Crippen LogP contribution in [0.15, 0.2) is 0 Å². The monoisotopic (exact) mass is 252 g/mol. The van der Waals surface area contributed by atoms with Crippen molar-refractivity contribution in [2.24, 2.45) is 0 Å². The first-order chi connectivity index (χ1) is 7.26. The average Bonchev–Trinajstić information content (AvgIpc) is 2.13. The molecule has 0 aromatic heterocycles. The first kappa shape index (κ1) is 15.3. The Morgan fingerprint density at radius 1 is 1.44 bits per heavy atom. The van der Waals surface area contributed by atoms with Crippen LogP contribution in [0.1, 0.15) is 6.92 Å². The Morgan fingerprint density at radius 3 is 2.44 bits per heavy atom. The van der Waals surface area contributed by atoms with Gasteiger partial charge in [0.15, 0.2) is 9.84 Å². The Balaban J connectivity index is 3.90. The number of hydrogen-bond acceptors (Lipinski definition) is 5. The number of aliphatic hydroxyl groups is 1. The van der Waals surface area contributed by atoms with Crippen LogP contribution in [0, 0.1) is 0 Å². The van der Waals surface area contributed by atoms with Crippen LogP contribution in [0.4, 0.5) is 0 Å². The van der Waals surface area contributed by atoms with Gasteiger partial charge in [0.05, 0.1) is 18.4 Å². The van der Waals surface area contributed by atoms with Crippen molar-refractivity contribution >= 4 is 15.7 Å². The summed E-state index contributed by atoms with van der Waals surface area (Å²) < 4.78 is 22.3. The number of carbonyl (C=O) groups excluding carboxylic acids is 1. The molecular weight excluding hydrogens is 232 g/mol. The van der Waals surface area contributed by atoms with Gasteiger partial charge in [0.1, 0.15) is 0 Å². The van der Waals surface area contributed by atoms with Gasteiger partial charge in [-0.3, -0.25) is 4.79 Å². The zero-order chi connectivity index (χ0) is 12.8. The molecule has 0 radical (unpaired) electrons. The van der Waals surface area contributed by atoms with Crippen molar-refractivity contribution in [1.82, 2.24) is 10.2 Å². The lowest BCUT2D eigenvalue weighted by Gasteiger charge is -2.13. The van der Waals surface area contributed by atoms with Crippen LogP contribution in [0.3, 0.4) is 0 Å². The molecule has 0 spiro atoms. The number of nitrogens with zero attached hydrogens (tertiary/aromatic N) is 1. The molecule has 7 heteroatoms. The minimum absolute atomic E-state index is 0.00426. The molecule has 0 bridgehead atoms. The number of likely N-dealkylation sites (N-methyl/N-ethyl adjacent to an activating group) is 1. The van der Waals surface area contributed by atoms with Crippen LogP contribution in [-0.2, 0) is 14.6 Å². The first-order valence-corrected chi connectivity index (χ1v) is 6.89. The molecule has 0 aliphatic carbocycles. The largest absolute Gasteiger partial charge is 0.390 e. The topological polar surface area (TPSA) is 86.7 Å². The normalized spacial score (nSPS) is 13.8. The van der Waals surface area contributed by atoms with E-state index in [1.54, 1.807) is 19.0 Å². The van der Waals surface area contributed by atoms with Gasteiger partial charge < -0.3 is 15.3 Å². The van der Waals surface area contributed by atoms with E-state index in [0.29, 0.717) is 0 Å². The summed E-state index contributed by atoms with van der Waals surface area (Å²) in [4.78, 5) is 12.9. The molecule has 0 fully saturated rings. The van der Waals surface area contributed by atoms with Gasteiger partial charge in [0, 0.05) is 12.3 Å². The van der Waals surface area contributed by atoms with Crippen molar-refractivity contribution in [2.75, 3.05) is 38.7 Å². The van der Waals surface area contributed by atoms with Crippen molar-refractivity contribution in [2.45, 2.75) is 13.0 Å². The fourth-order valence-corrected chi connectivity index (χ4v) is 1.98. The fraction of sp³-hybridized carbons (Fsp3) is 0.889. The minimum atomic E-state index is -3.20. The maximum absolute atomic E-state index is 11.2.